The lowest BCUT2D eigenvalue weighted by Gasteiger charge is -2.49. The number of cyclic esters (lactones) is 1. The van der Waals surface area contributed by atoms with Crippen molar-refractivity contribution in [1.29, 1.82) is 0 Å². The summed E-state index contributed by atoms with van der Waals surface area (Å²) in [7, 11) is 5.43. The number of methoxy groups -OCH3 is 1. The number of thiazole rings is 1. The van der Waals surface area contributed by atoms with Crippen LogP contribution >= 0.6 is 11.3 Å². The Hall–Kier alpha value is -4.98. The van der Waals surface area contributed by atoms with Gasteiger partial charge in [0.2, 0.25) is 11.6 Å². The molecule has 3 N–H and O–H groups in total. The van der Waals surface area contributed by atoms with Crippen LogP contribution < -0.4 is 10.7 Å². The number of carbonyl (C=O) groups excluding carboxylic acids is 4. The molecule has 7 heterocycles. The molecule has 3 saturated heterocycles. The summed E-state index contributed by atoms with van der Waals surface area (Å²) in [4.78, 5) is 74.9. The molecular weight excluding hydrogens is 873 g/mol. The quantitative estimate of drug-likeness (QED) is 0.200. The number of nitrogens with one attached hydrogen (secondary N) is 2. The van der Waals surface area contributed by atoms with Crippen LogP contribution in [0.4, 0.5) is 4.79 Å². The molecule has 4 amide bonds. The van der Waals surface area contributed by atoms with Crippen molar-refractivity contribution in [3.63, 3.8) is 0 Å². The van der Waals surface area contributed by atoms with Crippen molar-refractivity contribution < 1.29 is 33.8 Å². The van der Waals surface area contributed by atoms with E-state index in [0.29, 0.717) is 37.5 Å². The second-order valence-corrected chi connectivity index (χ2v) is 20.9. The lowest BCUT2D eigenvalue weighted by Crippen LogP contribution is -2.68. The number of benzene rings is 1. The zero-order chi connectivity index (χ0) is 47.9. The van der Waals surface area contributed by atoms with Crippen LogP contribution in [0, 0.1) is 11.3 Å². The molecule has 8 rings (SSSR count). The van der Waals surface area contributed by atoms with Gasteiger partial charge in [-0.3, -0.25) is 24.5 Å². The van der Waals surface area contributed by atoms with Gasteiger partial charge < -0.3 is 39.2 Å². The largest absolute Gasteiger partial charge is 0.462 e. The number of aromatic nitrogens is 3. The van der Waals surface area contributed by atoms with E-state index in [0.717, 1.165) is 70.9 Å². The van der Waals surface area contributed by atoms with Crippen LogP contribution in [0.2, 0.25) is 0 Å². The van der Waals surface area contributed by atoms with Crippen LogP contribution in [0.15, 0.2) is 41.9 Å². The van der Waals surface area contributed by atoms with Crippen LogP contribution in [-0.4, -0.2) is 166 Å². The van der Waals surface area contributed by atoms with Crippen molar-refractivity contribution in [2.75, 3.05) is 73.6 Å². The third-order valence-corrected chi connectivity index (χ3v) is 14.9. The molecule has 4 aliphatic heterocycles. The number of piperazine rings is 1. The van der Waals surface area contributed by atoms with Crippen molar-refractivity contribution in [3.8, 4) is 22.5 Å². The summed E-state index contributed by atoms with van der Waals surface area (Å²) in [5.41, 5.74) is 6.41. The number of likely N-dealkylation sites (tertiary alicyclic amines) is 1. The molecule has 18 heteroatoms. The number of esters is 1. The maximum atomic E-state index is 14.7. The Morgan fingerprint density at radius 2 is 1.85 bits per heavy atom. The predicted octanol–water partition coefficient (Wildman–Crippen LogP) is 4.53. The average molecular weight is 941 g/mol. The second kappa shape index (κ2) is 19.6. The van der Waals surface area contributed by atoms with Gasteiger partial charge in [-0.05, 0) is 69.5 Å². The Morgan fingerprint density at radius 3 is 2.55 bits per heavy atom. The summed E-state index contributed by atoms with van der Waals surface area (Å²) >= 11 is 1.39. The number of pyridine rings is 1. The van der Waals surface area contributed by atoms with E-state index in [1.807, 2.05) is 46.1 Å². The van der Waals surface area contributed by atoms with E-state index in [1.54, 1.807) is 25.3 Å². The number of aryl methyl sites for hydroxylation is 1. The molecule has 0 spiro atoms. The van der Waals surface area contributed by atoms with Gasteiger partial charge in [-0.2, -0.15) is 5.43 Å². The standard InChI is InChI=1S/C49H68N10O7S/c1-10-58-39-15-14-32-23-35(39)36(43(58)34-13-11-17-50-41(34)31(4)65-9)25-48(5,6)29-66-46(62)49(64)16-12-18-59(53-49)45(61)37(24-40-51-38(32)28-67-40)52-44(60)42(30(2)3)55(8)47(63)57-26-33(27-57)56-21-19-54(7)20-22-56/h11,13-15,17,23,28,30-31,33,37,42,53,64H,10,12,16,18-22,24-27,29H2,1-9H3,(H,52,60)/t31-,37-,42-,49-/m0/s1. The van der Waals surface area contributed by atoms with Gasteiger partial charge in [0.25, 0.3) is 5.91 Å². The molecule has 0 unspecified atom stereocenters. The molecule has 4 aliphatic rings. The highest BCUT2D eigenvalue weighted by Crippen LogP contribution is 2.42. The van der Waals surface area contributed by atoms with Gasteiger partial charge in [0, 0.05) is 124 Å². The number of fused-ring (bicyclic) bond motifs is 6. The molecule has 0 aliphatic carbocycles. The number of rotatable bonds is 9. The number of hydrogen-bond donors (Lipinski definition) is 3. The van der Waals surface area contributed by atoms with E-state index in [9.17, 15) is 24.3 Å². The number of hydrogen-bond acceptors (Lipinski definition) is 13. The zero-order valence-electron chi connectivity index (χ0n) is 40.5. The normalized spacial score (nSPS) is 23.1. The van der Waals surface area contributed by atoms with Crippen LogP contribution in [-0.2, 0) is 43.2 Å². The fourth-order valence-electron chi connectivity index (χ4n) is 10.2. The van der Waals surface area contributed by atoms with Crippen LogP contribution in [0.5, 0.6) is 0 Å². The summed E-state index contributed by atoms with van der Waals surface area (Å²) in [5, 5.41) is 19.7. The van der Waals surface area contributed by atoms with Crippen molar-refractivity contribution in [2.45, 2.75) is 104 Å². The molecule has 3 aromatic heterocycles. The number of likely N-dealkylation sites (N-methyl/N-ethyl adjacent to an activating group) is 2. The minimum atomic E-state index is -2.20. The summed E-state index contributed by atoms with van der Waals surface area (Å²) in [6.45, 7) is 17.8. The van der Waals surface area contributed by atoms with Gasteiger partial charge in [-0.25, -0.2) is 14.6 Å². The first kappa shape index (κ1) is 48.5. The number of carbonyl (C=O) groups is 4. The molecule has 17 nitrogen and oxygen atoms in total. The molecule has 67 heavy (non-hydrogen) atoms. The Balaban J connectivity index is 1.13. The van der Waals surface area contributed by atoms with Gasteiger partial charge in [0.15, 0.2) is 0 Å². The monoisotopic (exact) mass is 940 g/mol. The molecular formula is C49H68N10O7S. The van der Waals surface area contributed by atoms with Gasteiger partial charge in [-0.1, -0.05) is 33.8 Å². The summed E-state index contributed by atoms with van der Waals surface area (Å²) in [5.74, 6) is -2.23. The van der Waals surface area contributed by atoms with Crippen molar-refractivity contribution in [1.82, 2.24) is 49.9 Å². The third-order valence-electron chi connectivity index (χ3n) is 14.1. The van der Waals surface area contributed by atoms with Gasteiger partial charge in [0.1, 0.15) is 12.1 Å². The minimum Gasteiger partial charge on any atom is -0.462 e. The number of aliphatic hydroxyl groups is 1. The smallest absolute Gasteiger partial charge is 0.355 e. The molecule has 0 saturated carbocycles. The number of ether oxygens (including phenoxy) is 2. The first-order valence-electron chi connectivity index (χ1n) is 23.7. The molecule has 3 fully saturated rings. The van der Waals surface area contributed by atoms with Gasteiger partial charge in [0.05, 0.1) is 34.8 Å². The Morgan fingerprint density at radius 1 is 1.10 bits per heavy atom. The highest BCUT2D eigenvalue weighted by atomic mass is 32.1. The van der Waals surface area contributed by atoms with Crippen LogP contribution in [0.3, 0.4) is 0 Å². The lowest BCUT2D eigenvalue weighted by molar-refractivity contribution is -0.189. The summed E-state index contributed by atoms with van der Waals surface area (Å²) in [6.07, 6.45) is 2.33. The Bertz CT molecular complexity index is 2480. The fourth-order valence-corrected chi connectivity index (χ4v) is 11.0. The van der Waals surface area contributed by atoms with E-state index in [2.05, 4.69) is 63.3 Å². The maximum absolute atomic E-state index is 14.7. The fraction of sp³-hybridized carbons (Fsp3) is 0.592. The molecule has 6 bridgehead atoms. The van der Waals surface area contributed by atoms with Crippen LogP contribution in [0.1, 0.15) is 76.8 Å². The Labute approximate surface area is 397 Å². The SMILES string of the molecule is CCn1c(-c2cccnc2[C@H](C)OC)c2c3cc(ccc31)-c1csc(n1)C[C@H](NC(=O)[C@H](C(C)C)N(C)C(=O)N1CC(N3CCN(C)CC3)C1)C(=O)N1CCC[C@@](O)(N1)C(=O)OCC(C)(C)C2. The van der Waals surface area contributed by atoms with E-state index in [4.69, 9.17) is 19.4 Å². The molecule has 0 radical (unpaired) electrons. The highest BCUT2D eigenvalue weighted by molar-refractivity contribution is 7.10. The average Bonchev–Trinajstić information content (AvgIpc) is 3.88. The summed E-state index contributed by atoms with van der Waals surface area (Å²) in [6, 6.07) is 8.31. The number of urea groups is 1. The number of amides is 4. The van der Waals surface area contributed by atoms with Crippen LogP contribution in [0.25, 0.3) is 33.4 Å². The van der Waals surface area contributed by atoms with E-state index >= 15 is 0 Å². The zero-order valence-corrected chi connectivity index (χ0v) is 41.3. The van der Waals surface area contributed by atoms with E-state index < -0.39 is 41.0 Å². The molecule has 362 valence electrons. The van der Waals surface area contributed by atoms with Gasteiger partial charge >= 0.3 is 12.0 Å². The number of nitrogens with zero attached hydrogens (tertiary/aromatic N) is 8. The highest BCUT2D eigenvalue weighted by Gasteiger charge is 2.46. The first-order valence-corrected chi connectivity index (χ1v) is 24.6. The van der Waals surface area contributed by atoms with Crippen molar-refractivity contribution in [3.05, 3.63) is 58.2 Å². The van der Waals surface area contributed by atoms with Gasteiger partial charge in [-0.15, -0.1) is 11.3 Å². The number of hydrazine groups is 1. The molecule has 4 atom stereocenters. The predicted molar refractivity (Wildman–Crippen MR) is 257 cm³/mol. The summed E-state index contributed by atoms with van der Waals surface area (Å²) < 4.78 is 14.1. The second-order valence-electron chi connectivity index (χ2n) is 20.0. The Kier molecular flexibility index (Phi) is 14.1. The minimum absolute atomic E-state index is 0.00971. The van der Waals surface area contributed by atoms with Crippen molar-refractivity contribution >= 4 is 46.1 Å². The lowest BCUT2D eigenvalue weighted by atomic mass is 9.84. The van der Waals surface area contributed by atoms with Crippen molar-refractivity contribution in [2.24, 2.45) is 11.3 Å². The third kappa shape index (κ3) is 9.83. The first-order chi connectivity index (χ1) is 31.9. The topological polar surface area (TPSA) is 178 Å². The molecule has 4 aromatic rings. The van der Waals surface area contributed by atoms with E-state index in [1.165, 1.54) is 21.2 Å². The maximum Gasteiger partial charge on any atom is 0.355 e. The molecule has 1 aromatic carbocycles. The van der Waals surface area contributed by atoms with E-state index in [-0.39, 0.29) is 50.1 Å².